The summed E-state index contributed by atoms with van der Waals surface area (Å²) in [7, 11) is 0. The van der Waals surface area contributed by atoms with Crippen LogP contribution in [0, 0.1) is 0 Å². The molecule has 0 aliphatic heterocycles. The zero-order chi connectivity index (χ0) is 14.9. The Balaban J connectivity index is 3.32. The SMILES string of the molecule is CCCOCC=CCC=CCC=CCCOCC(=O)O. The van der Waals surface area contributed by atoms with Gasteiger partial charge in [-0.3, -0.25) is 0 Å². The Morgan fingerprint density at radius 2 is 1.60 bits per heavy atom. The van der Waals surface area contributed by atoms with Crippen molar-refractivity contribution in [2.75, 3.05) is 26.4 Å². The summed E-state index contributed by atoms with van der Waals surface area (Å²) in [5.74, 6) is -0.926. The molecule has 0 saturated carbocycles. The summed E-state index contributed by atoms with van der Waals surface area (Å²) in [4.78, 5) is 10.2. The smallest absolute Gasteiger partial charge is 0.329 e. The van der Waals surface area contributed by atoms with Gasteiger partial charge in [0.15, 0.2) is 0 Å². The highest BCUT2D eigenvalue weighted by Gasteiger charge is 1.93. The number of rotatable bonds is 13. The standard InChI is InChI=1S/C16H26O4/c1-2-12-19-13-10-8-6-4-3-5-7-9-11-14-20-15-16(17)18/h3-4,7-10H,2,5-6,11-15H2,1H3,(H,17,18). The Kier molecular flexibility index (Phi) is 14.6. The van der Waals surface area contributed by atoms with E-state index in [9.17, 15) is 4.79 Å². The fourth-order valence-electron chi connectivity index (χ4n) is 1.33. The molecule has 0 aromatic rings. The minimum atomic E-state index is -0.926. The van der Waals surface area contributed by atoms with E-state index in [0.29, 0.717) is 13.2 Å². The van der Waals surface area contributed by atoms with Gasteiger partial charge in [0, 0.05) is 6.61 Å². The van der Waals surface area contributed by atoms with E-state index in [2.05, 4.69) is 31.2 Å². The average Bonchev–Trinajstić information content (AvgIpc) is 2.43. The van der Waals surface area contributed by atoms with Gasteiger partial charge in [0.05, 0.1) is 13.2 Å². The summed E-state index contributed by atoms with van der Waals surface area (Å²) in [6.45, 7) is 3.84. The molecule has 0 aromatic heterocycles. The molecule has 0 aliphatic carbocycles. The second-order valence-electron chi connectivity index (χ2n) is 4.20. The van der Waals surface area contributed by atoms with Crippen molar-refractivity contribution in [3.8, 4) is 0 Å². The van der Waals surface area contributed by atoms with Gasteiger partial charge in [0.1, 0.15) is 6.61 Å². The second kappa shape index (κ2) is 15.7. The average molecular weight is 282 g/mol. The molecular formula is C16H26O4. The van der Waals surface area contributed by atoms with Gasteiger partial charge in [-0.1, -0.05) is 43.4 Å². The van der Waals surface area contributed by atoms with Gasteiger partial charge in [0.25, 0.3) is 0 Å². The van der Waals surface area contributed by atoms with E-state index in [0.717, 1.165) is 32.3 Å². The Bertz CT molecular complexity index is 306. The topological polar surface area (TPSA) is 55.8 Å². The Morgan fingerprint density at radius 3 is 2.25 bits per heavy atom. The summed E-state index contributed by atoms with van der Waals surface area (Å²) in [5, 5.41) is 8.35. The number of hydrogen-bond acceptors (Lipinski definition) is 3. The maximum Gasteiger partial charge on any atom is 0.329 e. The summed E-state index contributed by atoms with van der Waals surface area (Å²) >= 11 is 0. The number of carbonyl (C=O) groups is 1. The monoisotopic (exact) mass is 282 g/mol. The van der Waals surface area contributed by atoms with Crippen molar-refractivity contribution in [3.05, 3.63) is 36.5 Å². The third-order valence-corrected chi connectivity index (χ3v) is 2.26. The van der Waals surface area contributed by atoms with Gasteiger partial charge < -0.3 is 14.6 Å². The molecule has 0 heterocycles. The fourth-order valence-corrected chi connectivity index (χ4v) is 1.33. The molecule has 0 bridgehead atoms. The molecule has 4 heteroatoms. The van der Waals surface area contributed by atoms with Crippen molar-refractivity contribution in [2.45, 2.75) is 32.6 Å². The molecule has 20 heavy (non-hydrogen) atoms. The zero-order valence-corrected chi connectivity index (χ0v) is 12.3. The highest BCUT2D eigenvalue weighted by molar-refractivity contribution is 5.67. The summed E-state index contributed by atoms with van der Waals surface area (Å²) < 4.78 is 10.2. The van der Waals surface area contributed by atoms with Crippen LogP contribution in [0.3, 0.4) is 0 Å². The lowest BCUT2D eigenvalue weighted by molar-refractivity contribution is -0.142. The molecule has 0 unspecified atom stereocenters. The van der Waals surface area contributed by atoms with Crippen LogP contribution in [0.4, 0.5) is 0 Å². The quantitative estimate of drug-likeness (QED) is 0.416. The van der Waals surface area contributed by atoms with Crippen molar-refractivity contribution in [2.24, 2.45) is 0 Å². The second-order valence-corrected chi connectivity index (χ2v) is 4.20. The van der Waals surface area contributed by atoms with Crippen LogP contribution in [-0.4, -0.2) is 37.5 Å². The number of ether oxygens (including phenoxy) is 2. The highest BCUT2D eigenvalue weighted by Crippen LogP contribution is 1.93. The van der Waals surface area contributed by atoms with E-state index in [4.69, 9.17) is 14.6 Å². The largest absolute Gasteiger partial charge is 0.480 e. The number of hydrogen-bond donors (Lipinski definition) is 1. The normalized spacial score (nSPS) is 12.1. The molecule has 114 valence electrons. The van der Waals surface area contributed by atoms with Gasteiger partial charge in [-0.2, -0.15) is 0 Å². The molecule has 0 rings (SSSR count). The van der Waals surface area contributed by atoms with Crippen molar-refractivity contribution in [1.82, 2.24) is 0 Å². The number of carboxylic acids is 1. The van der Waals surface area contributed by atoms with Gasteiger partial charge in [-0.05, 0) is 25.7 Å². The summed E-state index contributed by atoms with van der Waals surface area (Å²) in [6.07, 6.45) is 16.0. The maximum absolute atomic E-state index is 10.2. The molecule has 0 spiro atoms. The highest BCUT2D eigenvalue weighted by atomic mass is 16.5. The Labute approximate surface area is 121 Å². The minimum Gasteiger partial charge on any atom is -0.480 e. The van der Waals surface area contributed by atoms with Crippen LogP contribution in [0.15, 0.2) is 36.5 Å². The molecule has 0 radical (unpaired) electrons. The molecule has 4 nitrogen and oxygen atoms in total. The first-order chi connectivity index (χ1) is 9.77. The van der Waals surface area contributed by atoms with Gasteiger partial charge in [-0.15, -0.1) is 0 Å². The van der Waals surface area contributed by atoms with Gasteiger partial charge in [0.2, 0.25) is 0 Å². The lowest BCUT2D eigenvalue weighted by Gasteiger charge is -1.96. The number of aliphatic carboxylic acids is 1. The predicted molar refractivity (Wildman–Crippen MR) is 80.8 cm³/mol. The van der Waals surface area contributed by atoms with Crippen LogP contribution in [0.5, 0.6) is 0 Å². The number of carboxylic acid groups (broad SMARTS) is 1. The molecule has 0 fully saturated rings. The Morgan fingerprint density at radius 1 is 0.950 bits per heavy atom. The van der Waals surface area contributed by atoms with Crippen molar-refractivity contribution >= 4 is 5.97 Å². The van der Waals surface area contributed by atoms with Crippen LogP contribution in [0.2, 0.25) is 0 Å². The van der Waals surface area contributed by atoms with E-state index in [-0.39, 0.29) is 6.61 Å². The fraction of sp³-hybridized carbons (Fsp3) is 0.562. The van der Waals surface area contributed by atoms with Gasteiger partial charge in [-0.25, -0.2) is 4.79 Å². The van der Waals surface area contributed by atoms with Crippen molar-refractivity contribution in [3.63, 3.8) is 0 Å². The Hall–Kier alpha value is -1.39. The first-order valence-corrected chi connectivity index (χ1v) is 7.09. The van der Waals surface area contributed by atoms with E-state index in [1.165, 1.54) is 0 Å². The molecular weight excluding hydrogens is 256 g/mol. The zero-order valence-electron chi connectivity index (χ0n) is 12.3. The van der Waals surface area contributed by atoms with Crippen LogP contribution in [0.25, 0.3) is 0 Å². The van der Waals surface area contributed by atoms with Crippen molar-refractivity contribution < 1.29 is 19.4 Å². The lowest BCUT2D eigenvalue weighted by atomic mass is 10.3. The summed E-state index contributed by atoms with van der Waals surface area (Å²) in [6, 6.07) is 0. The molecule has 0 amide bonds. The minimum absolute atomic E-state index is 0.220. The van der Waals surface area contributed by atoms with E-state index >= 15 is 0 Å². The molecule has 0 atom stereocenters. The maximum atomic E-state index is 10.2. The first-order valence-electron chi connectivity index (χ1n) is 7.09. The van der Waals surface area contributed by atoms with Gasteiger partial charge >= 0.3 is 5.97 Å². The van der Waals surface area contributed by atoms with E-state index in [1.54, 1.807) is 0 Å². The van der Waals surface area contributed by atoms with Crippen LogP contribution in [-0.2, 0) is 14.3 Å². The third kappa shape index (κ3) is 16.6. The number of allylic oxidation sites excluding steroid dienone is 4. The van der Waals surface area contributed by atoms with Crippen LogP contribution >= 0.6 is 0 Å². The summed E-state index contributed by atoms with van der Waals surface area (Å²) in [5.41, 5.74) is 0. The predicted octanol–water partition coefficient (Wildman–Crippen LogP) is 3.35. The lowest BCUT2D eigenvalue weighted by Crippen LogP contribution is -2.07. The molecule has 0 aliphatic rings. The molecule has 1 N–H and O–H groups in total. The molecule has 0 aromatic carbocycles. The van der Waals surface area contributed by atoms with Crippen LogP contribution < -0.4 is 0 Å². The third-order valence-electron chi connectivity index (χ3n) is 2.26. The van der Waals surface area contributed by atoms with Crippen molar-refractivity contribution in [1.29, 1.82) is 0 Å². The molecule has 0 saturated heterocycles. The first kappa shape index (κ1) is 18.6. The van der Waals surface area contributed by atoms with E-state index in [1.807, 2.05) is 12.2 Å². The van der Waals surface area contributed by atoms with Crippen LogP contribution in [0.1, 0.15) is 32.6 Å². The van der Waals surface area contributed by atoms with E-state index < -0.39 is 5.97 Å².